The van der Waals surface area contributed by atoms with Crippen LogP contribution >= 0.6 is 0 Å². The van der Waals surface area contributed by atoms with Crippen LogP contribution < -0.4 is 10.6 Å². The molecule has 3 fully saturated rings. The third-order valence-electron chi connectivity index (χ3n) is 7.26. The van der Waals surface area contributed by atoms with Gasteiger partial charge in [-0.2, -0.15) is 0 Å². The maximum atomic E-state index is 13.3. The molecule has 3 aliphatic heterocycles. The number of fused-ring (bicyclic) bond motifs is 1. The second kappa shape index (κ2) is 6.92. The SMILES string of the molecule is CN(Cc1cccc2c1C(=O)N(C1CCC(=O)NC1=O)C2)C1CCNCC12CC2. The molecule has 7 nitrogen and oxygen atoms in total. The van der Waals surface area contributed by atoms with Gasteiger partial charge in [-0.25, -0.2) is 0 Å². The summed E-state index contributed by atoms with van der Waals surface area (Å²) in [5.41, 5.74) is 3.19. The van der Waals surface area contributed by atoms with Crippen LogP contribution in [0.5, 0.6) is 0 Å². The van der Waals surface area contributed by atoms with Crippen LogP contribution in [0.4, 0.5) is 0 Å². The summed E-state index contributed by atoms with van der Waals surface area (Å²) in [7, 11) is 2.17. The third kappa shape index (κ3) is 3.16. The Bertz CT molecular complexity index is 879. The topological polar surface area (TPSA) is 81.8 Å². The number of amides is 3. The Morgan fingerprint density at radius 1 is 1.21 bits per heavy atom. The monoisotopic (exact) mass is 396 g/mol. The molecule has 2 saturated heterocycles. The van der Waals surface area contributed by atoms with Gasteiger partial charge in [-0.1, -0.05) is 18.2 Å². The van der Waals surface area contributed by atoms with Crippen LogP contribution in [0, 0.1) is 5.41 Å². The number of nitrogens with zero attached hydrogens (tertiary/aromatic N) is 2. The van der Waals surface area contributed by atoms with Gasteiger partial charge in [0.25, 0.3) is 5.91 Å². The molecule has 7 heteroatoms. The second-order valence-electron chi connectivity index (χ2n) is 9.11. The van der Waals surface area contributed by atoms with Crippen LogP contribution in [0.15, 0.2) is 18.2 Å². The summed E-state index contributed by atoms with van der Waals surface area (Å²) in [6.07, 6.45) is 4.39. The number of piperidine rings is 2. The molecule has 29 heavy (non-hydrogen) atoms. The first kappa shape index (κ1) is 18.8. The van der Waals surface area contributed by atoms with Crippen molar-refractivity contribution in [2.75, 3.05) is 20.1 Å². The van der Waals surface area contributed by atoms with Gasteiger partial charge in [0.05, 0.1) is 0 Å². The molecule has 3 amide bonds. The molecule has 3 heterocycles. The lowest BCUT2D eigenvalue weighted by atomic mass is 9.88. The van der Waals surface area contributed by atoms with Crippen LogP contribution in [0.25, 0.3) is 0 Å². The summed E-state index contributed by atoms with van der Waals surface area (Å²) < 4.78 is 0. The highest BCUT2D eigenvalue weighted by Gasteiger charge is 2.51. The molecule has 5 rings (SSSR count). The Hall–Kier alpha value is -2.25. The fourth-order valence-electron chi connectivity index (χ4n) is 5.56. The summed E-state index contributed by atoms with van der Waals surface area (Å²) in [5.74, 6) is -0.690. The molecular formula is C22H28N4O3. The Labute approximate surface area is 170 Å². The first-order valence-corrected chi connectivity index (χ1v) is 10.6. The zero-order valence-corrected chi connectivity index (χ0v) is 16.9. The highest BCUT2D eigenvalue weighted by atomic mass is 16.2. The number of hydrogen-bond acceptors (Lipinski definition) is 5. The molecule has 2 atom stereocenters. The number of hydrogen-bond donors (Lipinski definition) is 2. The largest absolute Gasteiger partial charge is 0.322 e. The minimum Gasteiger partial charge on any atom is -0.322 e. The molecule has 0 aromatic heterocycles. The highest BCUT2D eigenvalue weighted by molar-refractivity contribution is 6.05. The van der Waals surface area contributed by atoms with Crippen molar-refractivity contribution in [3.8, 4) is 0 Å². The van der Waals surface area contributed by atoms with Gasteiger partial charge in [0.1, 0.15) is 6.04 Å². The summed E-state index contributed by atoms with van der Waals surface area (Å²) >= 11 is 0. The molecular weight excluding hydrogens is 368 g/mol. The Kier molecular flexibility index (Phi) is 4.47. The lowest BCUT2D eigenvalue weighted by molar-refractivity contribution is -0.136. The van der Waals surface area contributed by atoms with Crippen molar-refractivity contribution >= 4 is 17.7 Å². The predicted octanol–water partition coefficient (Wildman–Crippen LogP) is 1.02. The number of nitrogens with one attached hydrogen (secondary N) is 2. The van der Waals surface area contributed by atoms with E-state index in [-0.39, 0.29) is 24.1 Å². The van der Waals surface area contributed by atoms with Crippen LogP contribution in [0.3, 0.4) is 0 Å². The van der Waals surface area contributed by atoms with Crippen molar-refractivity contribution in [2.24, 2.45) is 5.41 Å². The summed E-state index contributed by atoms with van der Waals surface area (Å²) in [4.78, 5) is 41.1. The zero-order valence-electron chi connectivity index (χ0n) is 16.9. The molecule has 1 spiro atoms. The van der Waals surface area contributed by atoms with Gasteiger partial charge in [-0.05, 0) is 55.8 Å². The van der Waals surface area contributed by atoms with Gasteiger partial charge in [-0.15, -0.1) is 0 Å². The van der Waals surface area contributed by atoms with Gasteiger partial charge >= 0.3 is 0 Å². The molecule has 0 radical (unpaired) electrons. The Balaban J connectivity index is 1.36. The van der Waals surface area contributed by atoms with E-state index in [0.717, 1.165) is 42.7 Å². The van der Waals surface area contributed by atoms with Crippen LogP contribution in [0.2, 0.25) is 0 Å². The number of rotatable bonds is 4. The molecule has 1 saturated carbocycles. The molecule has 2 unspecified atom stereocenters. The Morgan fingerprint density at radius 2 is 2.03 bits per heavy atom. The average molecular weight is 396 g/mol. The Morgan fingerprint density at radius 3 is 2.79 bits per heavy atom. The van der Waals surface area contributed by atoms with E-state index < -0.39 is 6.04 Å². The zero-order chi connectivity index (χ0) is 20.2. The predicted molar refractivity (Wildman–Crippen MR) is 107 cm³/mol. The van der Waals surface area contributed by atoms with Crippen molar-refractivity contribution in [3.63, 3.8) is 0 Å². The average Bonchev–Trinajstić information content (AvgIpc) is 3.37. The lowest BCUT2D eigenvalue weighted by Gasteiger charge is -2.39. The van der Waals surface area contributed by atoms with Crippen molar-refractivity contribution < 1.29 is 14.4 Å². The van der Waals surface area contributed by atoms with E-state index in [1.165, 1.54) is 12.8 Å². The number of benzene rings is 1. The maximum absolute atomic E-state index is 13.3. The van der Waals surface area contributed by atoms with E-state index in [9.17, 15) is 14.4 Å². The molecule has 2 N–H and O–H groups in total. The van der Waals surface area contributed by atoms with Gasteiger partial charge in [0.15, 0.2) is 0 Å². The number of carbonyl (C=O) groups is 3. The maximum Gasteiger partial charge on any atom is 0.255 e. The molecule has 154 valence electrons. The summed E-state index contributed by atoms with van der Waals surface area (Å²) in [6, 6.07) is 6.02. The minimum atomic E-state index is -0.558. The van der Waals surface area contributed by atoms with E-state index in [1.807, 2.05) is 18.2 Å². The van der Waals surface area contributed by atoms with Crippen molar-refractivity contribution in [1.82, 2.24) is 20.4 Å². The number of carbonyl (C=O) groups excluding carboxylic acids is 3. The van der Waals surface area contributed by atoms with E-state index >= 15 is 0 Å². The summed E-state index contributed by atoms with van der Waals surface area (Å²) in [6.45, 7) is 3.32. The standard InChI is InChI=1S/C22H28N4O3/c1-25(17-7-10-23-13-22(17)8-9-22)11-14-3-2-4-15-12-26(21(29)19(14)15)16-5-6-18(27)24-20(16)28/h2-4,16-17,23H,5-13H2,1H3,(H,24,27,28). The molecule has 1 aromatic rings. The highest BCUT2D eigenvalue weighted by Crippen LogP contribution is 2.52. The van der Waals surface area contributed by atoms with Gasteiger partial charge in [0.2, 0.25) is 11.8 Å². The lowest BCUT2D eigenvalue weighted by Crippen LogP contribution is -2.52. The van der Waals surface area contributed by atoms with E-state index in [4.69, 9.17) is 0 Å². The van der Waals surface area contributed by atoms with Crippen LogP contribution in [-0.2, 0) is 22.7 Å². The van der Waals surface area contributed by atoms with Crippen molar-refractivity contribution in [1.29, 1.82) is 0 Å². The third-order valence-corrected chi connectivity index (χ3v) is 7.26. The van der Waals surface area contributed by atoms with Gasteiger partial charge in [0, 0.05) is 37.7 Å². The van der Waals surface area contributed by atoms with Crippen LogP contribution in [-0.4, -0.2) is 59.7 Å². The fraction of sp³-hybridized carbons (Fsp3) is 0.591. The first-order chi connectivity index (χ1) is 14.0. The molecule has 0 bridgehead atoms. The van der Waals surface area contributed by atoms with E-state index in [1.54, 1.807) is 4.90 Å². The number of imide groups is 1. The molecule has 1 aliphatic carbocycles. The second-order valence-corrected chi connectivity index (χ2v) is 9.11. The smallest absolute Gasteiger partial charge is 0.255 e. The summed E-state index contributed by atoms with van der Waals surface area (Å²) in [5, 5.41) is 5.91. The fourth-order valence-corrected chi connectivity index (χ4v) is 5.56. The van der Waals surface area contributed by atoms with E-state index in [2.05, 4.69) is 22.6 Å². The van der Waals surface area contributed by atoms with E-state index in [0.29, 0.717) is 24.4 Å². The van der Waals surface area contributed by atoms with Gasteiger partial charge in [-0.3, -0.25) is 24.6 Å². The van der Waals surface area contributed by atoms with Crippen LogP contribution in [0.1, 0.15) is 53.6 Å². The van der Waals surface area contributed by atoms with Crippen molar-refractivity contribution in [2.45, 2.75) is 57.3 Å². The quantitative estimate of drug-likeness (QED) is 0.743. The first-order valence-electron chi connectivity index (χ1n) is 10.6. The normalized spacial score (nSPS) is 28.1. The molecule has 1 aromatic carbocycles. The van der Waals surface area contributed by atoms with Gasteiger partial charge < -0.3 is 10.2 Å². The minimum absolute atomic E-state index is 0.0788. The molecule has 4 aliphatic rings. The van der Waals surface area contributed by atoms with Crippen molar-refractivity contribution in [3.05, 3.63) is 34.9 Å².